The van der Waals surface area contributed by atoms with Crippen molar-refractivity contribution in [3.8, 4) is 11.8 Å². The highest BCUT2D eigenvalue weighted by atomic mass is 16.5. The number of benzene rings is 1. The fraction of sp³-hybridized carbons (Fsp3) is 0.222. The zero-order valence-corrected chi connectivity index (χ0v) is 13.4. The van der Waals surface area contributed by atoms with Crippen LogP contribution in [0.4, 0.5) is 0 Å². The van der Waals surface area contributed by atoms with Gasteiger partial charge in [0.25, 0.3) is 5.91 Å². The van der Waals surface area contributed by atoms with E-state index in [4.69, 9.17) is 14.4 Å². The molecule has 1 aromatic carbocycles. The molecule has 2 aromatic rings. The van der Waals surface area contributed by atoms with E-state index in [-0.39, 0.29) is 5.57 Å². The van der Waals surface area contributed by atoms with Crippen LogP contribution in [-0.4, -0.2) is 24.2 Å². The summed E-state index contributed by atoms with van der Waals surface area (Å²) in [5, 5.41) is 22.1. The lowest BCUT2D eigenvalue weighted by Crippen LogP contribution is -2.37. The highest BCUT2D eigenvalue weighted by molar-refractivity contribution is 6.01. The van der Waals surface area contributed by atoms with Crippen molar-refractivity contribution in [3.05, 3.63) is 59.6 Å². The molecule has 24 heavy (non-hydrogen) atoms. The summed E-state index contributed by atoms with van der Waals surface area (Å²) in [5.41, 5.74) is 0.538. The molecule has 0 aliphatic heterocycles. The van der Waals surface area contributed by atoms with Crippen LogP contribution in [0.3, 0.4) is 0 Å². The first-order valence-electron chi connectivity index (χ1n) is 7.33. The molecule has 0 radical (unpaired) electrons. The number of carbonyl (C=O) groups excluding carboxylic acids is 1. The van der Waals surface area contributed by atoms with Crippen molar-refractivity contribution in [3.63, 3.8) is 0 Å². The molecule has 1 heterocycles. The molecule has 0 aliphatic rings. The van der Waals surface area contributed by atoms with E-state index in [2.05, 4.69) is 5.32 Å². The number of furan rings is 1. The van der Waals surface area contributed by atoms with Crippen molar-refractivity contribution < 1.29 is 19.1 Å². The van der Waals surface area contributed by atoms with Crippen molar-refractivity contribution in [1.29, 1.82) is 5.26 Å². The van der Waals surface area contributed by atoms with E-state index in [9.17, 15) is 9.90 Å². The summed E-state index contributed by atoms with van der Waals surface area (Å²) in [6, 6.07) is 11.4. The lowest BCUT2D eigenvalue weighted by Gasteiger charge is -2.20. The van der Waals surface area contributed by atoms with Crippen molar-refractivity contribution in [2.24, 2.45) is 0 Å². The Balaban J connectivity index is 2.05. The van der Waals surface area contributed by atoms with E-state index in [0.29, 0.717) is 17.1 Å². The first kappa shape index (κ1) is 17.3. The third-order valence-electron chi connectivity index (χ3n) is 3.48. The van der Waals surface area contributed by atoms with Crippen LogP contribution in [0.2, 0.25) is 0 Å². The molecule has 0 spiro atoms. The van der Waals surface area contributed by atoms with Gasteiger partial charge in [0.1, 0.15) is 23.2 Å². The molecule has 0 aliphatic carbocycles. The summed E-state index contributed by atoms with van der Waals surface area (Å²) in [7, 11) is 1.56. The van der Waals surface area contributed by atoms with E-state index in [1.807, 2.05) is 6.07 Å². The number of aliphatic hydroxyl groups excluding tert-OH is 1. The Morgan fingerprint density at radius 1 is 1.38 bits per heavy atom. The van der Waals surface area contributed by atoms with Crippen LogP contribution < -0.4 is 10.1 Å². The van der Waals surface area contributed by atoms with Gasteiger partial charge in [0, 0.05) is 6.08 Å². The fourth-order valence-corrected chi connectivity index (χ4v) is 2.12. The van der Waals surface area contributed by atoms with E-state index < -0.39 is 18.1 Å². The highest BCUT2D eigenvalue weighted by Gasteiger charge is 2.20. The normalized spacial score (nSPS) is 13.7. The van der Waals surface area contributed by atoms with Crippen LogP contribution in [0, 0.1) is 11.3 Å². The Labute approximate surface area is 140 Å². The summed E-state index contributed by atoms with van der Waals surface area (Å²) in [4.78, 5) is 12.2. The average molecular weight is 326 g/mol. The summed E-state index contributed by atoms with van der Waals surface area (Å²) in [6.07, 6.45) is 1.89. The zero-order valence-electron chi connectivity index (χ0n) is 13.4. The molecule has 6 nitrogen and oxygen atoms in total. The maximum absolute atomic E-state index is 12.2. The van der Waals surface area contributed by atoms with Gasteiger partial charge in [0.2, 0.25) is 0 Å². The van der Waals surface area contributed by atoms with Gasteiger partial charge in [-0.3, -0.25) is 4.79 Å². The van der Waals surface area contributed by atoms with Gasteiger partial charge in [-0.2, -0.15) is 5.26 Å². The molecule has 0 fully saturated rings. The number of hydrogen-bond acceptors (Lipinski definition) is 5. The predicted octanol–water partition coefficient (Wildman–Crippen LogP) is 2.43. The Morgan fingerprint density at radius 2 is 2.08 bits per heavy atom. The number of methoxy groups -OCH3 is 1. The monoisotopic (exact) mass is 326 g/mol. The molecule has 2 N–H and O–H groups in total. The Hall–Kier alpha value is -3.04. The Morgan fingerprint density at radius 3 is 2.62 bits per heavy atom. The molecule has 0 saturated carbocycles. The fourth-order valence-electron chi connectivity index (χ4n) is 2.12. The number of aliphatic hydroxyl groups is 1. The minimum absolute atomic E-state index is 0.0984. The van der Waals surface area contributed by atoms with Crippen LogP contribution in [0.1, 0.15) is 24.4 Å². The lowest BCUT2D eigenvalue weighted by molar-refractivity contribution is -0.118. The number of rotatable bonds is 6. The van der Waals surface area contributed by atoms with Gasteiger partial charge >= 0.3 is 0 Å². The molecule has 2 atom stereocenters. The van der Waals surface area contributed by atoms with Crippen molar-refractivity contribution >= 4 is 12.0 Å². The van der Waals surface area contributed by atoms with Crippen molar-refractivity contribution in [1.82, 2.24) is 5.32 Å². The number of ether oxygens (including phenoxy) is 1. The molecule has 2 unspecified atom stereocenters. The van der Waals surface area contributed by atoms with Gasteiger partial charge in [-0.05, 0) is 36.8 Å². The third-order valence-corrected chi connectivity index (χ3v) is 3.48. The quantitative estimate of drug-likeness (QED) is 0.628. The molecule has 6 heteroatoms. The van der Waals surface area contributed by atoms with Crippen molar-refractivity contribution in [2.45, 2.75) is 19.1 Å². The van der Waals surface area contributed by atoms with Gasteiger partial charge in [-0.15, -0.1) is 0 Å². The summed E-state index contributed by atoms with van der Waals surface area (Å²) >= 11 is 0. The zero-order chi connectivity index (χ0) is 17.5. The summed E-state index contributed by atoms with van der Waals surface area (Å²) < 4.78 is 10.2. The summed E-state index contributed by atoms with van der Waals surface area (Å²) in [6.45, 7) is 1.66. The standard InChI is InChI=1S/C18H18N2O4/c1-12(17(21)13-5-7-15(23-2)8-6-13)20-18(22)14(11-19)10-16-4-3-9-24-16/h3-10,12,17,21H,1-2H3,(H,20,22)/b14-10+. The molecule has 0 saturated heterocycles. The minimum atomic E-state index is -0.914. The van der Waals surface area contributed by atoms with Crippen molar-refractivity contribution in [2.75, 3.05) is 7.11 Å². The number of amides is 1. The van der Waals surface area contributed by atoms with Crippen LogP contribution in [-0.2, 0) is 4.79 Å². The minimum Gasteiger partial charge on any atom is -0.497 e. The van der Waals surface area contributed by atoms with Gasteiger partial charge in [-0.1, -0.05) is 12.1 Å². The van der Waals surface area contributed by atoms with E-state index >= 15 is 0 Å². The van der Waals surface area contributed by atoms with Crippen LogP contribution in [0.25, 0.3) is 6.08 Å². The Bertz CT molecular complexity index is 742. The first-order valence-corrected chi connectivity index (χ1v) is 7.33. The van der Waals surface area contributed by atoms with Gasteiger partial charge in [0.05, 0.1) is 25.5 Å². The van der Waals surface area contributed by atoms with Crippen LogP contribution in [0.5, 0.6) is 5.75 Å². The number of nitrogens with zero attached hydrogens (tertiary/aromatic N) is 1. The molecule has 0 bridgehead atoms. The second-order valence-corrected chi connectivity index (χ2v) is 5.17. The second kappa shape index (κ2) is 7.99. The topological polar surface area (TPSA) is 95.5 Å². The number of carbonyl (C=O) groups is 1. The molecular formula is C18H18N2O4. The number of hydrogen-bond donors (Lipinski definition) is 2. The largest absolute Gasteiger partial charge is 0.497 e. The summed E-state index contributed by atoms with van der Waals surface area (Å²) in [5.74, 6) is 0.509. The predicted molar refractivity (Wildman–Crippen MR) is 87.9 cm³/mol. The molecule has 124 valence electrons. The highest BCUT2D eigenvalue weighted by Crippen LogP contribution is 2.20. The van der Waals surface area contributed by atoms with Gasteiger partial charge in [-0.25, -0.2) is 0 Å². The number of nitrogens with one attached hydrogen (secondary N) is 1. The smallest absolute Gasteiger partial charge is 0.262 e. The average Bonchev–Trinajstić information content (AvgIpc) is 3.12. The van der Waals surface area contributed by atoms with Crippen LogP contribution in [0.15, 0.2) is 52.7 Å². The maximum atomic E-state index is 12.2. The van der Waals surface area contributed by atoms with E-state index in [1.54, 1.807) is 50.4 Å². The lowest BCUT2D eigenvalue weighted by atomic mass is 10.0. The number of nitriles is 1. The van der Waals surface area contributed by atoms with Gasteiger partial charge in [0.15, 0.2) is 0 Å². The second-order valence-electron chi connectivity index (χ2n) is 5.17. The van der Waals surface area contributed by atoms with Gasteiger partial charge < -0.3 is 19.6 Å². The molecule has 1 amide bonds. The third kappa shape index (κ3) is 4.24. The Kier molecular flexibility index (Phi) is 5.77. The van der Waals surface area contributed by atoms with E-state index in [0.717, 1.165) is 0 Å². The SMILES string of the molecule is COc1ccc(C(O)C(C)NC(=O)/C(C#N)=C/c2ccco2)cc1. The molecule has 2 rings (SSSR count). The van der Waals surface area contributed by atoms with Crippen LogP contribution >= 0.6 is 0 Å². The van der Waals surface area contributed by atoms with E-state index in [1.165, 1.54) is 12.3 Å². The molecule has 1 aromatic heterocycles. The maximum Gasteiger partial charge on any atom is 0.262 e. The first-order chi connectivity index (χ1) is 11.5. The molecular weight excluding hydrogens is 308 g/mol.